The number of rotatable bonds is 9. The summed E-state index contributed by atoms with van der Waals surface area (Å²) in [5.74, 6) is -0.129. The highest BCUT2D eigenvalue weighted by atomic mass is 35.5. The van der Waals surface area contributed by atoms with Gasteiger partial charge >= 0.3 is 0 Å². The number of carbonyl (C=O) groups is 2. The largest absolute Gasteiger partial charge is 0.482 e. The van der Waals surface area contributed by atoms with Crippen molar-refractivity contribution in [2.45, 2.75) is 39.3 Å². The average molecular weight is 437 g/mol. The molecule has 0 aliphatic carbocycles. The molecule has 0 heterocycles. The third kappa shape index (κ3) is 7.26. The number of nitrogens with zero attached hydrogens (tertiary/aromatic N) is 1. The zero-order valence-electron chi connectivity index (χ0n) is 16.8. The maximum absolute atomic E-state index is 12.9. The van der Waals surface area contributed by atoms with Crippen molar-refractivity contribution in [2.75, 3.05) is 13.2 Å². The molecule has 0 spiro atoms. The molecular formula is C22H26Cl2N2O3. The monoisotopic (exact) mass is 436 g/mol. The lowest BCUT2D eigenvalue weighted by Gasteiger charge is -2.29. The summed E-state index contributed by atoms with van der Waals surface area (Å²) in [6.07, 6.45) is 0.633. The molecule has 0 aromatic heterocycles. The van der Waals surface area contributed by atoms with E-state index in [0.717, 1.165) is 5.56 Å². The fourth-order valence-corrected chi connectivity index (χ4v) is 3.25. The summed E-state index contributed by atoms with van der Waals surface area (Å²) in [4.78, 5) is 26.9. The third-order valence-electron chi connectivity index (χ3n) is 4.33. The van der Waals surface area contributed by atoms with Crippen molar-refractivity contribution < 1.29 is 14.3 Å². The van der Waals surface area contributed by atoms with E-state index in [1.165, 1.54) is 4.90 Å². The summed E-state index contributed by atoms with van der Waals surface area (Å²) in [5.41, 5.74) is 1.09. The van der Waals surface area contributed by atoms with Gasteiger partial charge < -0.3 is 15.0 Å². The smallest absolute Gasteiger partial charge is 0.261 e. The Morgan fingerprint density at radius 3 is 2.38 bits per heavy atom. The molecule has 2 amide bonds. The van der Waals surface area contributed by atoms with Crippen molar-refractivity contribution >= 4 is 35.0 Å². The van der Waals surface area contributed by atoms with Crippen LogP contribution in [-0.4, -0.2) is 41.9 Å². The SMILES string of the molecule is CC(C)NC(=O)[C@H](C)N(CCc1ccccc1)C(=O)COc1ccc(Cl)cc1Cl. The van der Waals surface area contributed by atoms with Gasteiger partial charge in [0.25, 0.3) is 5.91 Å². The number of benzene rings is 2. The molecule has 2 aromatic carbocycles. The van der Waals surface area contributed by atoms with Crippen LogP contribution in [0.25, 0.3) is 0 Å². The molecule has 7 heteroatoms. The van der Waals surface area contributed by atoms with Crippen molar-refractivity contribution in [3.63, 3.8) is 0 Å². The third-order valence-corrected chi connectivity index (χ3v) is 4.86. The first-order chi connectivity index (χ1) is 13.8. The summed E-state index contributed by atoms with van der Waals surface area (Å²) < 4.78 is 5.58. The first-order valence-electron chi connectivity index (χ1n) is 9.49. The second-order valence-electron chi connectivity index (χ2n) is 7.03. The minimum absolute atomic E-state index is 0.0138. The van der Waals surface area contributed by atoms with Crippen LogP contribution in [0.2, 0.25) is 10.0 Å². The van der Waals surface area contributed by atoms with Crippen LogP contribution >= 0.6 is 23.2 Å². The number of amides is 2. The highest BCUT2D eigenvalue weighted by molar-refractivity contribution is 6.35. The molecule has 1 N–H and O–H groups in total. The predicted octanol–water partition coefficient (Wildman–Crippen LogP) is 4.36. The van der Waals surface area contributed by atoms with Gasteiger partial charge in [0.05, 0.1) is 5.02 Å². The molecule has 1 atom stereocenters. The van der Waals surface area contributed by atoms with Gasteiger partial charge in [-0.05, 0) is 51.0 Å². The molecule has 0 bridgehead atoms. The molecule has 156 valence electrons. The topological polar surface area (TPSA) is 58.6 Å². The Kier molecular flexibility index (Phi) is 8.80. The lowest BCUT2D eigenvalue weighted by atomic mass is 10.1. The predicted molar refractivity (Wildman–Crippen MR) is 117 cm³/mol. The Morgan fingerprint density at radius 1 is 1.07 bits per heavy atom. The quantitative estimate of drug-likeness (QED) is 0.635. The van der Waals surface area contributed by atoms with E-state index in [-0.39, 0.29) is 24.5 Å². The van der Waals surface area contributed by atoms with Gasteiger partial charge in [0.15, 0.2) is 6.61 Å². The second-order valence-corrected chi connectivity index (χ2v) is 7.87. The average Bonchev–Trinajstić information content (AvgIpc) is 2.67. The first-order valence-corrected chi connectivity index (χ1v) is 10.2. The number of halogens is 2. The van der Waals surface area contributed by atoms with Gasteiger partial charge in [0.1, 0.15) is 11.8 Å². The molecule has 0 fully saturated rings. The van der Waals surface area contributed by atoms with Crippen LogP contribution < -0.4 is 10.1 Å². The van der Waals surface area contributed by atoms with Crippen LogP contribution in [0.3, 0.4) is 0 Å². The number of carbonyl (C=O) groups excluding carboxylic acids is 2. The van der Waals surface area contributed by atoms with Crippen molar-refractivity contribution in [3.05, 3.63) is 64.1 Å². The van der Waals surface area contributed by atoms with E-state index in [1.54, 1.807) is 25.1 Å². The fourth-order valence-electron chi connectivity index (χ4n) is 2.79. The molecule has 0 aliphatic rings. The minimum Gasteiger partial charge on any atom is -0.482 e. The van der Waals surface area contributed by atoms with Gasteiger partial charge in [-0.25, -0.2) is 0 Å². The zero-order chi connectivity index (χ0) is 21.4. The molecule has 0 radical (unpaired) electrons. The molecule has 0 unspecified atom stereocenters. The molecule has 0 saturated carbocycles. The number of ether oxygens (including phenoxy) is 1. The Labute approximate surface area is 181 Å². The van der Waals surface area contributed by atoms with Gasteiger partial charge in [0, 0.05) is 17.6 Å². The summed E-state index contributed by atoms with van der Waals surface area (Å²) in [5, 5.41) is 3.66. The van der Waals surface area contributed by atoms with Crippen LogP contribution in [0, 0.1) is 0 Å². The maximum atomic E-state index is 12.9. The van der Waals surface area contributed by atoms with Crippen LogP contribution in [0.5, 0.6) is 5.75 Å². The van der Waals surface area contributed by atoms with E-state index < -0.39 is 6.04 Å². The second kappa shape index (κ2) is 11.1. The summed E-state index contributed by atoms with van der Waals surface area (Å²) in [6, 6.07) is 14.0. The highest BCUT2D eigenvalue weighted by Crippen LogP contribution is 2.27. The van der Waals surface area contributed by atoms with Crippen molar-refractivity contribution in [3.8, 4) is 5.75 Å². The van der Waals surface area contributed by atoms with E-state index in [0.29, 0.717) is 28.8 Å². The lowest BCUT2D eigenvalue weighted by molar-refractivity contribution is -0.141. The summed E-state index contributed by atoms with van der Waals surface area (Å²) >= 11 is 12.0. The molecule has 29 heavy (non-hydrogen) atoms. The van der Waals surface area contributed by atoms with Crippen LogP contribution in [0.1, 0.15) is 26.3 Å². The Hall–Kier alpha value is -2.24. The maximum Gasteiger partial charge on any atom is 0.261 e. The Morgan fingerprint density at radius 2 is 1.76 bits per heavy atom. The number of nitrogens with one attached hydrogen (secondary N) is 1. The summed E-state index contributed by atoms with van der Waals surface area (Å²) in [6.45, 7) is 5.65. The molecule has 2 rings (SSSR count). The Bertz CT molecular complexity index is 828. The normalized spacial score (nSPS) is 11.8. The van der Waals surface area contributed by atoms with Crippen molar-refractivity contribution in [1.82, 2.24) is 10.2 Å². The van der Waals surface area contributed by atoms with E-state index in [4.69, 9.17) is 27.9 Å². The summed E-state index contributed by atoms with van der Waals surface area (Å²) in [7, 11) is 0. The molecular weight excluding hydrogens is 411 g/mol. The number of hydrogen-bond acceptors (Lipinski definition) is 3. The Balaban J connectivity index is 2.09. The van der Waals surface area contributed by atoms with Crippen LogP contribution in [0.15, 0.2) is 48.5 Å². The van der Waals surface area contributed by atoms with Gasteiger partial charge in [0.2, 0.25) is 5.91 Å². The minimum atomic E-state index is -0.627. The van der Waals surface area contributed by atoms with Gasteiger partial charge in [-0.3, -0.25) is 9.59 Å². The van der Waals surface area contributed by atoms with Gasteiger partial charge in [-0.15, -0.1) is 0 Å². The van der Waals surface area contributed by atoms with E-state index in [9.17, 15) is 9.59 Å². The van der Waals surface area contributed by atoms with E-state index >= 15 is 0 Å². The lowest BCUT2D eigenvalue weighted by Crippen LogP contribution is -2.51. The van der Waals surface area contributed by atoms with E-state index in [1.807, 2.05) is 44.2 Å². The first kappa shape index (κ1) is 23.0. The highest BCUT2D eigenvalue weighted by Gasteiger charge is 2.26. The molecule has 5 nitrogen and oxygen atoms in total. The van der Waals surface area contributed by atoms with Crippen LogP contribution in [-0.2, 0) is 16.0 Å². The standard InChI is InChI=1S/C22H26Cl2N2O3/c1-15(2)25-22(28)16(3)26(12-11-17-7-5-4-6-8-17)21(27)14-29-20-10-9-18(23)13-19(20)24/h4-10,13,15-16H,11-12,14H2,1-3H3,(H,25,28)/t16-/m0/s1. The van der Waals surface area contributed by atoms with Crippen molar-refractivity contribution in [1.29, 1.82) is 0 Å². The van der Waals surface area contributed by atoms with E-state index in [2.05, 4.69) is 5.32 Å². The van der Waals surface area contributed by atoms with Gasteiger partial charge in [-0.1, -0.05) is 53.5 Å². The van der Waals surface area contributed by atoms with Crippen LogP contribution in [0.4, 0.5) is 0 Å². The fraction of sp³-hybridized carbons (Fsp3) is 0.364. The van der Waals surface area contributed by atoms with Gasteiger partial charge in [-0.2, -0.15) is 0 Å². The molecule has 2 aromatic rings. The molecule has 0 aliphatic heterocycles. The molecule has 0 saturated heterocycles. The van der Waals surface area contributed by atoms with Crippen molar-refractivity contribution in [2.24, 2.45) is 0 Å². The number of hydrogen-bond donors (Lipinski definition) is 1. The zero-order valence-corrected chi connectivity index (χ0v) is 18.3.